The van der Waals surface area contributed by atoms with E-state index in [0.29, 0.717) is 0 Å². The van der Waals surface area contributed by atoms with E-state index in [1.165, 1.54) is 76.5 Å². The lowest BCUT2D eigenvalue weighted by Crippen LogP contribution is -1.97. The van der Waals surface area contributed by atoms with Gasteiger partial charge in [-0.2, -0.15) is 0 Å². The predicted octanol–water partition coefficient (Wildman–Crippen LogP) is 12.6. The minimum atomic E-state index is 1.15. The van der Waals surface area contributed by atoms with E-state index in [2.05, 4.69) is 202 Å². The van der Waals surface area contributed by atoms with Crippen molar-refractivity contribution in [3.05, 3.63) is 188 Å². The first kappa shape index (κ1) is 28.0. The minimum Gasteiger partial charge on any atom is -0.309 e. The van der Waals surface area contributed by atoms with Crippen molar-refractivity contribution in [3.63, 3.8) is 0 Å². The highest BCUT2D eigenvalue weighted by Gasteiger charge is 2.18. The summed E-state index contributed by atoms with van der Waals surface area (Å²) in [7, 11) is 0. The molecule has 3 heteroatoms. The monoisotopic (exact) mass is 649 g/mol. The Labute approximate surface area is 294 Å². The molecule has 3 aromatic heterocycles. The van der Waals surface area contributed by atoms with Crippen molar-refractivity contribution < 1.29 is 0 Å². The highest BCUT2D eigenvalue weighted by Crippen LogP contribution is 2.39. The molecule has 0 aliphatic heterocycles. The lowest BCUT2D eigenvalue weighted by atomic mass is 10.1. The van der Waals surface area contributed by atoms with Gasteiger partial charge in [-0.3, -0.25) is 0 Å². The summed E-state index contributed by atoms with van der Waals surface area (Å²) in [5.41, 5.74) is 13.1. The second-order valence-electron chi connectivity index (χ2n) is 13.4. The number of fused-ring (bicyclic) bond motifs is 9. The topological polar surface area (TPSA) is 14.8 Å². The van der Waals surface area contributed by atoms with Gasteiger partial charge < -0.3 is 13.7 Å². The molecule has 8 aromatic carbocycles. The standard InChI is InChI=1S/C48H31N3/c1-2-12-32(13-3-1)33-22-24-34(25-23-33)49-46-21-11-7-17-40(46)42-30-35(27-29-47(42)49)51-45-20-10-6-16-39(45)41-28-26-36(31-48(41)51)50-43-18-8-4-14-37(43)38-15-5-9-19-44(38)50/h1-31H. The van der Waals surface area contributed by atoms with Gasteiger partial charge in [0.1, 0.15) is 0 Å². The van der Waals surface area contributed by atoms with Gasteiger partial charge in [-0.25, -0.2) is 0 Å². The van der Waals surface area contributed by atoms with Gasteiger partial charge >= 0.3 is 0 Å². The lowest BCUT2D eigenvalue weighted by molar-refractivity contribution is 1.15. The Hall–Kier alpha value is -6.84. The Morgan fingerprint density at radius 3 is 1.18 bits per heavy atom. The highest BCUT2D eigenvalue weighted by molar-refractivity contribution is 6.13. The molecule has 51 heavy (non-hydrogen) atoms. The van der Waals surface area contributed by atoms with E-state index in [9.17, 15) is 0 Å². The molecule has 0 aliphatic rings. The van der Waals surface area contributed by atoms with Crippen LogP contribution in [-0.4, -0.2) is 13.7 Å². The van der Waals surface area contributed by atoms with E-state index in [0.717, 1.165) is 17.1 Å². The molecule has 0 saturated carbocycles. The zero-order chi connectivity index (χ0) is 33.5. The molecule has 0 bridgehead atoms. The largest absolute Gasteiger partial charge is 0.309 e. The quantitative estimate of drug-likeness (QED) is 0.180. The van der Waals surface area contributed by atoms with Crippen LogP contribution in [0.5, 0.6) is 0 Å². The van der Waals surface area contributed by atoms with Gasteiger partial charge in [0.05, 0.1) is 33.1 Å². The van der Waals surface area contributed by atoms with Gasteiger partial charge in [-0.1, -0.05) is 121 Å². The molecule has 3 heterocycles. The van der Waals surface area contributed by atoms with Crippen LogP contribution >= 0.6 is 0 Å². The SMILES string of the molecule is c1ccc(-c2ccc(-n3c4ccccc4c4cc(-n5c6ccccc6c6ccc(-n7c8ccccc8c8ccccc87)cc65)ccc43)cc2)cc1. The second kappa shape index (κ2) is 10.8. The molecule has 0 N–H and O–H groups in total. The van der Waals surface area contributed by atoms with Crippen molar-refractivity contribution in [2.24, 2.45) is 0 Å². The molecule has 0 spiro atoms. The van der Waals surface area contributed by atoms with Crippen LogP contribution in [0.15, 0.2) is 188 Å². The summed E-state index contributed by atoms with van der Waals surface area (Å²) in [4.78, 5) is 0. The smallest absolute Gasteiger partial charge is 0.0561 e. The first-order valence-electron chi connectivity index (χ1n) is 17.5. The van der Waals surface area contributed by atoms with Crippen molar-refractivity contribution in [1.29, 1.82) is 0 Å². The van der Waals surface area contributed by atoms with Gasteiger partial charge in [0, 0.05) is 49.4 Å². The van der Waals surface area contributed by atoms with Gasteiger partial charge in [-0.05, 0) is 77.9 Å². The summed E-state index contributed by atoms with van der Waals surface area (Å²) >= 11 is 0. The predicted molar refractivity (Wildman–Crippen MR) is 215 cm³/mol. The van der Waals surface area contributed by atoms with E-state index in [-0.39, 0.29) is 0 Å². The number of rotatable bonds is 4. The van der Waals surface area contributed by atoms with Crippen molar-refractivity contribution in [2.45, 2.75) is 0 Å². The molecule has 11 aromatic rings. The summed E-state index contributed by atoms with van der Waals surface area (Å²) in [5.74, 6) is 0. The Morgan fingerprint density at radius 2 is 0.588 bits per heavy atom. The van der Waals surface area contributed by atoms with Gasteiger partial charge in [-0.15, -0.1) is 0 Å². The zero-order valence-electron chi connectivity index (χ0n) is 27.7. The van der Waals surface area contributed by atoms with E-state index in [1.54, 1.807) is 0 Å². The highest BCUT2D eigenvalue weighted by atomic mass is 15.0. The average Bonchev–Trinajstić information content (AvgIpc) is 3.83. The number of benzene rings is 8. The Morgan fingerprint density at radius 1 is 0.216 bits per heavy atom. The minimum absolute atomic E-state index is 1.15. The fourth-order valence-corrected chi connectivity index (χ4v) is 8.39. The second-order valence-corrected chi connectivity index (χ2v) is 13.4. The van der Waals surface area contributed by atoms with Crippen LogP contribution in [0.1, 0.15) is 0 Å². The van der Waals surface area contributed by atoms with Crippen LogP contribution in [0.3, 0.4) is 0 Å². The molecule has 0 radical (unpaired) electrons. The van der Waals surface area contributed by atoms with Gasteiger partial charge in [0.25, 0.3) is 0 Å². The van der Waals surface area contributed by atoms with Gasteiger partial charge in [0.2, 0.25) is 0 Å². The third kappa shape index (κ3) is 4.12. The molecular formula is C48H31N3. The fraction of sp³-hybridized carbons (Fsp3) is 0. The molecule has 0 aliphatic carbocycles. The van der Waals surface area contributed by atoms with Crippen molar-refractivity contribution in [2.75, 3.05) is 0 Å². The van der Waals surface area contributed by atoms with E-state index < -0.39 is 0 Å². The molecule has 0 unspecified atom stereocenters. The Bertz CT molecular complexity index is 3070. The van der Waals surface area contributed by atoms with Crippen LogP contribution in [0.2, 0.25) is 0 Å². The number of aromatic nitrogens is 3. The summed E-state index contributed by atoms with van der Waals surface area (Å²) < 4.78 is 7.25. The third-order valence-corrected chi connectivity index (χ3v) is 10.6. The molecular weight excluding hydrogens is 619 g/mol. The van der Waals surface area contributed by atoms with Crippen LogP contribution in [0.4, 0.5) is 0 Å². The van der Waals surface area contributed by atoms with E-state index in [4.69, 9.17) is 0 Å². The molecule has 0 atom stereocenters. The maximum Gasteiger partial charge on any atom is 0.0561 e. The van der Waals surface area contributed by atoms with E-state index in [1.807, 2.05) is 0 Å². The summed E-state index contributed by atoms with van der Waals surface area (Å²) in [6.07, 6.45) is 0. The summed E-state index contributed by atoms with van der Waals surface area (Å²) in [6, 6.07) is 68.5. The van der Waals surface area contributed by atoms with Crippen molar-refractivity contribution in [3.8, 4) is 28.2 Å². The van der Waals surface area contributed by atoms with Crippen LogP contribution in [0.25, 0.3) is 93.6 Å². The first-order valence-corrected chi connectivity index (χ1v) is 17.5. The number of hydrogen-bond donors (Lipinski definition) is 0. The summed E-state index contributed by atoms with van der Waals surface area (Å²) in [6.45, 7) is 0. The number of hydrogen-bond acceptors (Lipinski definition) is 0. The fourth-order valence-electron chi connectivity index (χ4n) is 8.39. The van der Waals surface area contributed by atoms with E-state index >= 15 is 0 Å². The first-order chi connectivity index (χ1) is 25.3. The van der Waals surface area contributed by atoms with Crippen LogP contribution in [0, 0.1) is 0 Å². The lowest BCUT2D eigenvalue weighted by Gasteiger charge is -2.12. The molecule has 0 fully saturated rings. The van der Waals surface area contributed by atoms with Crippen molar-refractivity contribution >= 4 is 65.4 Å². The maximum absolute atomic E-state index is 2.45. The molecule has 238 valence electrons. The maximum atomic E-state index is 2.45. The Balaban J connectivity index is 1.14. The zero-order valence-corrected chi connectivity index (χ0v) is 27.7. The molecule has 0 saturated heterocycles. The number of nitrogens with zero attached hydrogens (tertiary/aromatic N) is 3. The van der Waals surface area contributed by atoms with Crippen LogP contribution in [-0.2, 0) is 0 Å². The molecule has 0 amide bonds. The van der Waals surface area contributed by atoms with Crippen molar-refractivity contribution in [1.82, 2.24) is 13.7 Å². The average molecular weight is 650 g/mol. The third-order valence-electron chi connectivity index (χ3n) is 10.6. The van der Waals surface area contributed by atoms with Crippen LogP contribution < -0.4 is 0 Å². The molecule has 3 nitrogen and oxygen atoms in total. The summed E-state index contributed by atoms with van der Waals surface area (Å²) in [5, 5.41) is 7.52. The normalized spacial score (nSPS) is 11.9. The molecule has 11 rings (SSSR count). The number of para-hydroxylation sites is 4. The Kier molecular flexibility index (Phi) is 5.96. The van der Waals surface area contributed by atoms with Gasteiger partial charge in [0.15, 0.2) is 0 Å².